The Kier molecular flexibility index (Phi) is 4.62. The predicted octanol–water partition coefficient (Wildman–Crippen LogP) is 2.82. The first kappa shape index (κ1) is 15.5. The van der Waals surface area contributed by atoms with Crippen molar-refractivity contribution in [3.05, 3.63) is 59.1 Å². The summed E-state index contributed by atoms with van der Waals surface area (Å²) in [6.07, 6.45) is 0. The molecule has 0 saturated carbocycles. The molecule has 0 aliphatic carbocycles. The highest BCUT2D eigenvalue weighted by molar-refractivity contribution is 7.89. The number of nitrogens with two attached hydrogens (primary N) is 1. The van der Waals surface area contributed by atoms with Crippen LogP contribution in [0.2, 0.25) is 5.02 Å². The minimum Gasteiger partial charge on any atom is -0.278 e. The van der Waals surface area contributed by atoms with Crippen LogP contribution >= 0.6 is 11.6 Å². The molecular formula is C14H14ClN3O2S. The van der Waals surface area contributed by atoms with Gasteiger partial charge in [-0.3, -0.25) is 5.43 Å². The first-order valence-corrected chi connectivity index (χ1v) is 7.98. The van der Waals surface area contributed by atoms with E-state index in [-0.39, 0.29) is 4.90 Å². The molecule has 2 aromatic rings. The smallest absolute Gasteiger partial charge is 0.238 e. The lowest BCUT2D eigenvalue weighted by Crippen LogP contribution is -2.11. The van der Waals surface area contributed by atoms with Gasteiger partial charge in [0.25, 0.3) is 0 Å². The summed E-state index contributed by atoms with van der Waals surface area (Å²) in [4.78, 5) is 0.0615. The van der Waals surface area contributed by atoms with Gasteiger partial charge in [0.2, 0.25) is 10.0 Å². The maximum absolute atomic E-state index is 11.1. The third-order valence-corrected chi connectivity index (χ3v) is 3.98. The number of halogens is 1. The van der Waals surface area contributed by atoms with Crippen LogP contribution in [0.3, 0.4) is 0 Å². The van der Waals surface area contributed by atoms with E-state index in [1.807, 2.05) is 19.1 Å². The molecule has 0 aromatic heterocycles. The Morgan fingerprint density at radius 2 is 1.67 bits per heavy atom. The molecule has 3 N–H and O–H groups in total. The predicted molar refractivity (Wildman–Crippen MR) is 85.1 cm³/mol. The minimum absolute atomic E-state index is 0.0615. The molecule has 0 saturated heterocycles. The number of hydrogen-bond donors (Lipinski definition) is 2. The second-order valence-corrected chi connectivity index (χ2v) is 6.38. The molecule has 5 nitrogen and oxygen atoms in total. The van der Waals surface area contributed by atoms with Crippen LogP contribution in [0.15, 0.2) is 58.5 Å². The van der Waals surface area contributed by atoms with Crippen LogP contribution in [-0.2, 0) is 10.0 Å². The Morgan fingerprint density at radius 3 is 2.19 bits per heavy atom. The van der Waals surface area contributed by atoms with Crippen molar-refractivity contribution in [2.24, 2.45) is 10.2 Å². The average molecular weight is 324 g/mol. The third kappa shape index (κ3) is 4.29. The Labute approximate surface area is 128 Å². The number of nitrogens with one attached hydrogen (secondary N) is 1. The number of hydrazone groups is 1. The van der Waals surface area contributed by atoms with Crippen molar-refractivity contribution in [1.82, 2.24) is 0 Å². The Hall–Kier alpha value is -1.89. The molecule has 0 spiro atoms. The quantitative estimate of drug-likeness (QED) is 0.670. The Bertz CT molecular complexity index is 754. The first-order chi connectivity index (χ1) is 9.86. The normalized spacial score (nSPS) is 12.2. The van der Waals surface area contributed by atoms with Crippen molar-refractivity contribution in [3.8, 4) is 0 Å². The molecule has 2 rings (SSSR count). The van der Waals surface area contributed by atoms with Gasteiger partial charge in [-0.05, 0) is 48.9 Å². The van der Waals surface area contributed by atoms with Gasteiger partial charge >= 0.3 is 0 Å². The minimum atomic E-state index is -3.67. The summed E-state index contributed by atoms with van der Waals surface area (Å²) in [5, 5.41) is 9.92. The lowest BCUT2D eigenvalue weighted by Gasteiger charge is -2.05. The van der Waals surface area contributed by atoms with Gasteiger partial charge in [0.15, 0.2) is 0 Å². The second kappa shape index (κ2) is 6.26. The van der Waals surface area contributed by atoms with E-state index >= 15 is 0 Å². The zero-order chi connectivity index (χ0) is 15.5. The summed E-state index contributed by atoms with van der Waals surface area (Å²) in [5.74, 6) is 0. The van der Waals surface area contributed by atoms with E-state index in [4.69, 9.17) is 16.7 Å². The molecule has 110 valence electrons. The van der Waals surface area contributed by atoms with E-state index in [1.54, 1.807) is 24.3 Å². The van der Waals surface area contributed by atoms with Gasteiger partial charge in [0.1, 0.15) is 0 Å². The topological polar surface area (TPSA) is 84.5 Å². The number of hydrogen-bond acceptors (Lipinski definition) is 4. The highest BCUT2D eigenvalue weighted by atomic mass is 35.5. The highest BCUT2D eigenvalue weighted by Crippen LogP contribution is 2.14. The van der Waals surface area contributed by atoms with Crippen molar-refractivity contribution in [3.63, 3.8) is 0 Å². The largest absolute Gasteiger partial charge is 0.278 e. The molecule has 0 radical (unpaired) electrons. The summed E-state index contributed by atoms with van der Waals surface area (Å²) < 4.78 is 22.3. The van der Waals surface area contributed by atoms with Crippen LogP contribution in [0, 0.1) is 0 Å². The van der Waals surface area contributed by atoms with E-state index in [9.17, 15) is 8.42 Å². The molecular weight excluding hydrogens is 310 g/mol. The zero-order valence-corrected chi connectivity index (χ0v) is 12.8. The molecule has 0 fully saturated rings. The van der Waals surface area contributed by atoms with E-state index in [1.165, 1.54) is 12.1 Å². The molecule has 7 heteroatoms. The van der Waals surface area contributed by atoms with Gasteiger partial charge in [0, 0.05) is 5.02 Å². The van der Waals surface area contributed by atoms with E-state index in [2.05, 4.69) is 10.5 Å². The molecule has 0 aliphatic rings. The molecule has 0 bridgehead atoms. The maximum Gasteiger partial charge on any atom is 0.238 e. The second-order valence-electron chi connectivity index (χ2n) is 4.39. The van der Waals surface area contributed by atoms with Crippen molar-refractivity contribution in [2.45, 2.75) is 11.8 Å². The number of benzene rings is 2. The van der Waals surface area contributed by atoms with Gasteiger partial charge < -0.3 is 0 Å². The first-order valence-electron chi connectivity index (χ1n) is 6.05. The number of nitrogens with zero attached hydrogens (tertiary/aromatic N) is 1. The lowest BCUT2D eigenvalue weighted by atomic mass is 10.1. The molecule has 21 heavy (non-hydrogen) atoms. The molecule has 0 atom stereocenters. The standard InChI is InChI=1S/C14H14ClN3O2S/c1-10(11-2-4-12(15)5-3-11)17-18-13-6-8-14(9-7-13)21(16,19)20/h2-9,18H,1H3,(H2,16,19,20)/b17-10-. The van der Waals surface area contributed by atoms with E-state index in [0.717, 1.165) is 11.3 Å². The fourth-order valence-corrected chi connectivity index (χ4v) is 2.26. The number of anilines is 1. The Morgan fingerprint density at radius 1 is 1.10 bits per heavy atom. The van der Waals surface area contributed by atoms with Gasteiger partial charge in [0.05, 0.1) is 16.3 Å². The summed E-state index contributed by atoms with van der Waals surface area (Å²) in [6, 6.07) is 13.3. The fraction of sp³-hybridized carbons (Fsp3) is 0.0714. The fourth-order valence-electron chi connectivity index (χ4n) is 1.62. The SMILES string of the molecule is C/C(=N/Nc1ccc(S(N)(=O)=O)cc1)c1ccc(Cl)cc1. The summed E-state index contributed by atoms with van der Waals surface area (Å²) >= 11 is 5.83. The van der Waals surface area contributed by atoms with E-state index < -0.39 is 10.0 Å². The maximum atomic E-state index is 11.1. The lowest BCUT2D eigenvalue weighted by molar-refractivity contribution is 0.598. The number of sulfonamides is 1. The van der Waals surface area contributed by atoms with Crippen LogP contribution in [0.4, 0.5) is 5.69 Å². The van der Waals surface area contributed by atoms with Crippen LogP contribution in [0.1, 0.15) is 12.5 Å². The number of primary sulfonamides is 1. The van der Waals surface area contributed by atoms with Gasteiger partial charge in [-0.15, -0.1) is 0 Å². The third-order valence-electron chi connectivity index (χ3n) is 2.80. The molecule has 2 aromatic carbocycles. The highest BCUT2D eigenvalue weighted by Gasteiger charge is 2.06. The monoisotopic (exact) mass is 323 g/mol. The summed E-state index contributed by atoms with van der Waals surface area (Å²) in [6.45, 7) is 1.86. The molecule has 0 heterocycles. The van der Waals surface area contributed by atoms with Crippen molar-refractivity contribution in [1.29, 1.82) is 0 Å². The van der Waals surface area contributed by atoms with Crippen LogP contribution in [0.25, 0.3) is 0 Å². The Balaban J connectivity index is 2.11. The van der Waals surface area contributed by atoms with Crippen LogP contribution < -0.4 is 10.6 Å². The van der Waals surface area contributed by atoms with Gasteiger partial charge in [-0.2, -0.15) is 5.10 Å². The number of rotatable bonds is 4. The summed E-state index contributed by atoms with van der Waals surface area (Å²) in [7, 11) is -3.67. The van der Waals surface area contributed by atoms with Crippen LogP contribution in [0.5, 0.6) is 0 Å². The van der Waals surface area contributed by atoms with Crippen LogP contribution in [-0.4, -0.2) is 14.1 Å². The average Bonchev–Trinajstić information content (AvgIpc) is 2.45. The van der Waals surface area contributed by atoms with Gasteiger partial charge in [-0.1, -0.05) is 23.7 Å². The molecule has 0 unspecified atom stereocenters. The van der Waals surface area contributed by atoms with Crippen molar-refractivity contribution in [2.75, 3.05) is 5.43 Å². The summed E-state index contributed by atoms with van der Waals surface area (Å²) in [5.41, 5.74) is 5.24. The zero-order valence-electron chi connectivity index (χ0n) is 11.2. The van der Waals surface area contributed by atoms with Crippen molar-refractivity contribution < 1.29 is 8.42 Å². The van der Waals surface area contributed by atoms with Gasteiger partial charge in [-0.25, -0.2) is 13.6 Å². The van der Waals surface area contributed by atoms with E-state index in [0.29, 0.717) is 10.7 Å². The van der Waals surface area contributed by atoms with Crippen molar-refractivity contribution >= 4 is 33.0 Å². The molecule has 0 aliphatic heterocycles. The molecule has 0 amide bonds.